The van der Waals surface area contributed by atoms with E-state index in [9.17, 15) is 0 Å². The summed E-state index contributed by atoms with van der Waals surface area (Å²) in [5.41, 5.74) is 5.21. The molecule has 21 heavy (non-hydrogen) atoms. The third kappa shape index (κ3) is 2.77. The van der Waals surface area contributed by atoms with E-state index in [-0.39, 0.29) is 0 Å². The number of hydrogen-bond donors (Lipinski definition) is 0. The topological polar surface area (TPSA) is 12.4 Å². The van der Waals surface area contributed by atoms with Gasteiger partial charge in [-0.15, -0.1) is 5.92 Å². The van der Waals surface area contributed by atoms with Crippen LogP contribution in [0.4, 0.5) is 0 Å². The number of hydrogen-bond acceptors (Lipinski definition) is 1. The summed E-state index contributed by atoms with van der Waals surface area (Å²) in [5.74, 6) is 6.14. The van der Waals surface area contributed by atoms with Crippen LogP contribution < -0.4 is 0 Å². The largest absolute Gasteiger partial charge is 0.280 e. The normalized spacial score (nSPS) is 13.2. The fourth-order valence-electron chi connectivity index (χ4n) is 2.47. The van der Waals surface area contributed by atoms with E-state index in [1.54, 1.807) is 0 Å². The Labute approximate surface area is 130 Å². The van der Waals surface area contributed by atoms with Gasteiger partial charge in [0.15, 0.2) is 0 Å². The second-order valence-electron chi connectivity index (χ2n) is 4.74. The summed E-state index contributed by atoms with van der Waals surface area (Å²) in [5, 5.41) is 0.711. The third-order valence-corrected chi connectivity index (χ3v) is 3.61. The standard InChI is InChI=1S/C19H14ClN/c1-2-6-14-11-12-21-19(15-7-4-3-5-8-15)18-13-16(20)9-10-17(14)18/h3-5,7-11,13H,12H2,1H3. The molecule has 0 bridgehead atoms. The third-order valence-electron chi connectivity index (χ3n) is 3.38. The highest BCUT2D eigenvalue weighted by atomic mass is 35.5. The second kappa shape index (κ2) is 5.99. The number of benzene rings is 2. The van der Waals surface area contributed by atoms with Crippen molar-refractivity contribution in [2.45, 2.75) is 6.92 Å². The van der Waals surface area contributed by atoms with Crippen LogP contribution in [0.5, 0.6) is 0 Å². The van der Waals surface area contributed by atoms with Crippen molar-refractivity contribution in [2.24, 2.45) is 4.99 Å². The first-order valence-electron chi connectivity index (χ1n) is 6.82. The van der Waals surface area contributed by atoms with Gasteiger partial charge in [-0.2, -0.15) is 0 Å². The fourth-order valence-corrected chi connectivity index (χ4v) is 2.64. The minimum Gasteiger partial charge on any atom is -0.280 e. The van der Waals surface area contributed by atoms with Gasteiger partial charge >= 0.3 is 0 Å². The first-order valence-corrected chi connectivity index (χ1v) is 7.20. The zero-order valence-electron chi connectivity index (χ0n) is 11.7. The second-order valence-corrected chi connectivity index (χ2v) is 5.17. The molecule has 0 amide bonds. The van der Waals surface area contributed by atoms with Crippen molar-refractivity contribution >= 4 is 22.9 Å². The van der Waals surface area contributed by atoms with Gasteiger partial charge in [0.25, 0.3) is 0 Å². The van der Waals surface area contributed by atoms with Crippen molar-refractivity contribution < 1.29 is 0 Å². The van der Waals surface area contributed by atoms with Crippen LogP contribution in [0.15, 0.2) is 59.6 Å². The van der Waals surface area contributed by atoms with E-state index in [4.69, 9.17) is 16.6 Å². The Morgan fingerprint density at radius 3 is 2.62 bits per heavy atom. The molecular weight excluding hydrogens is 278 g/mol. The lowest BCUT2D eigenvalue weighted by Gasteiger charge is -2.11. The van der Waals surface area contributed by atoms with Crippen LogP contribution in [0.3, 0.4) is 0 Å². The molecule has 0 saturated carbocycles. The molecule has 3 rings (SSSR count). The summed E-state index contributed by atoms with van der Waals surface area (Å²) in [4.78, 5) is 4.72. The highest BCUT2D eigenvalue weighted by Crippen LogP contribution is 2.27. The van der Waals surface area contributed by atoms with Crippen molar-refractivity contribution in [2.75, 3.05) is 6.54 Å². The molecule has 0 saturated heterocycles. The summed E-state index contributed by atoms with van der Waals surface area (Å²) in [6, 6.07) is 16.1. The van der Waals surface area contributed by atoms with Crippen molar-refractivity contribution in [3.63, 3.8) is 0 Å². The minimum atomic E-state index is 0.626. The molecule has 102 valence electrons. The van der Waals surface area contributed by atoms with Crippen molar-refractivity contribution in [1.82, 2.24) is 0 Å². The van der Waals surface area contributed by atoms with Crippen LogP contribution in [-0.4, -0.2) is 12.3 Å². The number of halogens is 1. The van der Waals surface area contributed by atoms with Crippen LogP contribution in [0.2, 0.25) is 5.02 Å². The SMILES string of the molecule is CC#CC1=CCN=C(c2ccccc2)c2cc(Cl)ccc21. The quantitative estimate of drug-likeness (QED) is 0.681. The molecule has 0 aliphatic carbocycles. The molecule has 0 N–H and O–H groups in total. The van der Waals surface area contributed by atoms with Gasteiger partial charge in [0.2, 0.25) is 0 Å². The van der Waals surface area contributed by atoms with E-state index in [1.165, 1.54) is 0 Å². The summed E-state index contributed by atoms with van der Waals surface area (Å²) in [6.45, 7) is 2.47. The van der Waals surface area contributed by atoms with Gasteiger partial charge in [-0.25, -0.2) is 0 Å². The molecule has 2 heteroatoms. The maximum Gasteiger partial charge on any atom is 0.0729 e. The maximum atomic E-state index is 6.20. The van der Waals surface area contributed by atoms with E-state index >= 15 is 0 Å². The van der Waals surface area contributed by atoms with Gasteiger partial charge in [-0.1, -0.05) is 53.9 Å². The zero-order valence-corrected chi connectivity index (χ0v) is 12.5. The molecule has 2 aromatic carbocycles. The number of allylic oxidation sites excluding steroid dienone is 1. The Kier molecular flexibility index (Phi) is 3.90. The Morgan fingerprint density at radius 1 is 1.05 bits per heavy atom. The van der Waals surface area contributed by atoms with Gasteiger partial charge in [0, 0.05) is 21.7 Å². The van der Waals surface area contributed by atoms with Crippen LogP contribution in [0.1, 0.15) is 23.6 Å². The van der Waals surface area contributed by atoms with Crippen LogP contribution >= 0.6 is 11.6 Å². The highest BCUT2D eigenvalue weighted by molar-refractivity contribution is 6.31. The molecule has 0 spiro atoms. The van der Waals surface area contributed by atoms with Crippen LogP contribution in [0, 0.1) is 11.8 Å². The lowest BCUT2D eigenvalue weighted by molar-refractivity contribution is 1.25. The van der Waals surface area contributed by atoms with Gasteiger partial charge in [-0.05, 0) is 30.7 Å². The maximum absolute atomic E-state index is 6.20. The molecule has 2 aromatic rings. The summed E-state index contributed by atoms with van der Waals surface area (Å²) >= 11 is 6.20. The Bertz CT molecular complexity index is 789. The average Bonchev–Trinajstić information content (AvgIpc) is 2.68. The molecule has 0 radical (unpaired) electrons. The first-order chi connectivity index (χ1) is 10.3. The Morgan fingerprint density at radius 2 is 1.86 bits per heavy atom. The molecule has 1 heterocycles. The lowest BCUT2D eigenvalue weighted by atomic mass is 9.94. The Hall–Kier alpha value is -2.30. The molecule has 1 nitrogen and oxygen atoms in total. The van der Waals surface area contributed by atoms with E-state index in [1.807, 2.05) is 43.3 Å². The van der Waals surface area contributed by atoms with Crippen molar-refractivity contribution in [3.8, 4) is 11.8 Å². The molecule has 1 aliphatic rings. The van der Waals surface area contributed by atoms with Gasteiger partial charge < -0.3 is 0 Å². The summed E-state index contributed by atoms with van der Waals surface area (Å²) < 4.78 is 0. The molecule has 1 aliphatic heterocycles. The van der Waals surface area contributed by atoms with Gasteiger partial charge in [0.1, 0.15) is 0 Å². The summed E-state index contributed by atoms with van der Waals surface area (Å²) in [6.07, 6.45) is 2.07. The van der Waals surface area contributed by atoms with E-state index in [0.29, 0.717) is 11.6 Å². The van der Waals surface area contributed by atoms with Gasteiger partial charge in [0.05, 0.1) is 12.3 Å². The van der Waals surface area contributed by atoms with Crippen LogP contribution in [-0.2, 0) is 0 Å². The zero-order chi connectivity index (χ0) is 14.7. The van der Waals surface area contributed by atoms with Crippen molar-refractivity contribution in [3.05, 3.63) is 76.3 Å². The fraction of sp³-hybridized carbons (Fsp3) is 0.105. The molecule has 0 atom stereocenters. The number of fused-ring (bicyclic) bond motifs is 1. The van der Waals surface area contributed by atoms with Crippen molar-refractivity contribution in [1.29, 1.82) is 0 Å². The number of nitrogens with zero attached hydrogens (tertiary/aromatic N) is 1. The Balaban J connectivity index is 2.22. The molecule has 0 aromatic heterocycles. The molecular formula is C19H14ClN. The number of rotatable bonds is 1. The first kappa shape index (κ1) is 13.7. The summed E-state index contributed by atoms with van der Waals surface area (Å²) in [7, 11) is 0. The van der Waals surface area contributed by atoms with Crippen LogP contribution in [0.25, 0.3) is 5.57 Å². The molecule has 0 unspecified atom stereocenters. The lowest BCUT2D eigenvalue weighted by Crippen LogP contribution is -2.06. The molecule has 0 fully saturated rings. The smallest absolute Gasteiger partial charge is 0.0729 e. The average molecular weight is 292 g/mol. The van der Waals surface area contributed by atoms with E-state index in [0.717, 1.165) is 28.0 Å². The monoisotopic (exact) mass is 291 g/mol. The highest BCUT2D eigenvalue weighted by Gasteiger charge is 2.16. The predicted octanol–water partition coefficient (Wildman–Crippen LogP) is 4.60. The number of aliphatic imine (C=N–C) groups is 1. The van der Waals surface area contributed by atoms with E-state index < -0.39 is 0 Å². The minimum absolute atomic E-state index is 0.626. The predicted molar refractivity (Wildman–Crippen MR) is 89.8 cm³/mol. The van der Waals surface area contributed by atoms with Gasteiger partial charge in [-0.3, -0.25) is 4.99 Å². The van der Waals surface area contributed by atoms with E-state index in [2.05, 4.69) is 30.0 Å².